The number of hydrogen-bond donors (Lipinski definition) is 1. The van der Waals surface area contributed by atoms with Gasteiger partial charge in [-0.3, -0.25) is 4.79 Å². The summed E-state index contributed by atoms with van der Waals surface area (Å²) in [4.78, 5) is 12.8. The second-order valence-corrected chi connectivity index (χ2v) is 13.0. The minimum atomic E-state index is -0.838. The van der Waals surface area contributed by atoms with Crippen LogP contribution in [0.15, 0.2) is 23.3 Å². The van der Waals surface area contributed by atoms with Gasteiger partial charge < -0.3 is 5.11 Å². The highest BCUT2D eigenvalue weighted by Crippen LogP contribution is 2.68. The van der Waals surface area contributed by atoms with Gasteiger partial charge in [0.25, 0.3) is 0 Å². The Kier molecular flexibility index (Phi) is 5.90. The van der Waals surface area contributed by atoms with Crippen LogP contribution < -0.4 is 0 Å². The summed E-state index contributed by atoms with van der Waals surface area (Å²) in [6.07, 6.45) is 13.6. The van der Waals surface area contributed by atoms with Gasteiger partial charge >= 0.3 is 0 Å². The second kappa shape index (κ2) is 7.86. The Hall–Kier alpha value is -0.890. The molecule has 2 heteroatoms. The fraction of sp³-hybridized carbons (Fsp3) is 0.828. The second-order valence-electron chi connectivity index (χ2n) is 13.0. The quantitative estimate of drug-likeness (QED) is 0.486. The summed E-state index contributed by atoms with van der Waals surface area (Å²) in [5.74, 6) is 3.80. The van der Waals surface area contributed by atoms with E-state index in [0.29, 0.717) is 23.7 Å². The number of fused-ring (bicyclic) bond motifs is 5. The van der Waals surface area contributed by atoms with E-state index in [-0.39, 0.29) is 11.2 Å². The lowest BCUT2D eigenvalue weighted by atomic mass is 9.44. The molecule has 31 heavy (non-hydrogen) atoms. The molecule has 0 heterocycles. The lowest BCUT2D eigenvalue weighted by Crippen LogP contribution is -2.57. The topological polar surface area (TPSA) is 37.3 Å². The van der Waals surface area contributed by atoms with Crippen molar-refractivity contribution in [3.8, 4) is 0 Å². The molecule has 0 aromatic rings. The van der Waals surface area contributed by atoms with E-state index in [2.05, 4.69) is 60.6 Å². The number of allylic oxidation sites excluding steroid dienone is 3. The van der Waals surface area contributed by atoms with Gasteiger partial charge in [0.05, 0.1) is 0 Å². The summed E-state index contributed by atoms with van der Waals surface area (Å²) in [5, 5.41) is 10.7. The molecule has 4 aliphatic carbocycles. The summed E-state index contributed by atoms with van der Waals surface area (Å²) < 4.78 is 0. The average molecular weight is 427 g/mol. The van der Waals surface area contributed by atoms with E-state index in [9.17, 15) is 9.90 Å². The summed E-state index contributed by atoms with van der Waals surface area (Å²) in [7, 11) is 0. The lowest BCUT2D eigenvalue weighted by molar-refractivity contribution is -0.144. The zero-order valence-electron chi connectivity index (χ0n) is 21.1. The van der Waals surface area contributed by atoms with E-state index in [1.807, 2.05) is 0 Å². The maximum atomic E-state index is 12.8. The van der Waals surface area contributed by atoms with Crippen molar-refractivity contribution in [2.24, 2.45) is 45.8 Å². The van der Waals surface area contributed by atoms with Crippen LogP contribution in [0.5, 0.6) is 0 Å². The van der Waals surface area contributed by atoms with Crippen molar-refractivity contribution in [3.63, 3.8) is 0 Å². The van der Waals surface area contributed by atoms with Crippen LogP contribution in [0.2, 0.25) is 0 Å². The number of carbonyl (C=O) groups excluding carboxylic acids is 1. The van der Waals surface area contributed by atoms with E-state index < -0.39 is 11.5 Å². The van der Waals surface area contributed by atoms with Crippen molar-refractivity contribution in [1.82, 2.24) is 0 Å². The summed E-state index contributed by atoms with van der Waals surface area (Å²) in [6.45, 7) is 16.1. The summed E-state index contributed by atoms with van der Waals surface area (Å²) >= 11 is 0. The Labute approximate surface area is 191 Å². The fourth-order valence-corrected chi connectivity index (χ4v) is 9.14. The molecule has 1 unspecified atom stereocenters. The van der Waals surface area contributed by atoms with Gasteiger partial charge in [-0.2, -0.15) is 0 Å². The molecule has 174 valence electrons. The Balaban J connectivity index is 1.58. The van der Waals surface area contributed by atoms with Crippen LogP contribution >= 0.6 is 0 Å². The van der Waals surface area contributed by atoms with Crippen LogP contribution in [-0.2, 0) is 4.79 Å². The largest absolute Gasteiger partial charge is 0.384 e. The van der Waals surface area contributed by atoms with Crippen LogP contribution in [-0.4, -0.2) is 17.0 Å². The number of rotatable bonds is 4. The molecule has 0 aromatic carbocycles. The predicted molar refractivity (Wildman–Crippen MR) is 129 cm³/mol. The fourth-order valence-electron chi connectivity index (χ4n) is 9.14. The van der Waals surface area contributed by atoms with Gasteiger partial charge in [0.2, 0.25) is 0 Å². The van der Waals surface area contributed by atoms with Crippen molar-refractivity contribution in [1.29, 1.82) is 0 Å². The lowest BCUT2D eigenvalue weighted by Gasteiger charge is -2.60. The van der Waals surface area contributed by atoms with Crippen molar-refractivity contribution >= 4 is 5.78 Å². The van der Waals surface area contributed by atoms with Crippen LogP contribution in [0.4, 0.5) is 0 Å². The zero-order chi connectivity index (χ0) is 22.8. The van der Waals surface area contributed by atoms with E-state index in [1.165, 1.54) is 49.7 Å². The molecule has 0 saturated heterocycles. The van der Waals surface area contributed by atoms with Crippen LogP contribution in [0.1, 0.15) is 99.8 Å². The molecule has 3 saturated carbocycles. The van der Waals surface area contributed by atoms with Gasteiger partial charge in [-0.05, 0) is 99.2 Å². The Morgan fingerprint density at radius 1 is 1.16 bits per heavy atom. The highest BCUT2D eigenvalue weighted by atomic mass is 16.3. The molecule has 0 bridgehead atoms. The number of hydrogen-bond acceptors (Lipinski definition) is 2. The zero-order valence-corrected chi connectivity index (χ0v) is 21.1. The van der Waals surface area contributed by atoms with Gasteiger partial charge in [0.1, 0.15) is 6.10 Å². The van der Waals surface area contributed by atoms with Crippen molar-refractivity contribution in [2.45, 2.75) is 106 Å². The standard InChI is InChI=1S/C29H46O2/c1-18(2)9-8-10-19(3)21-12-13-22-20-11-14-25-27(4,5)26(31)24(30)17-29(25,7)23(20)15-16-28(21,22)6/h9,14,19-23,26,31H,8,10-13,15-17H2,1-7H3/t19-,20+,21-,22+,23+,26?,28-,29-/m1/s1. The molecule has 0 amide bonds. The Morgan fingerprint density at radius 2 is 1.87 bits per heavy atom. The first-order valence-electron chi connectivity index (χ1n) is 13.0. The molecule has 0 spiro atoms. The molecule has 2 nitrogen and oxygen atoms in total. The number of Topliss-reactive ketones (excluding diaryl/α,β-unsaturated/α-hetero) is 1. The third-order valence-electron chi connectivity index (χ3n) is 10.6. The van der Waals surface area contributed by atoms with Gasteiger partial charge in [-0.1, -0.05) is 57.9 Å². The van der Waals surface area contributed by atoms with Gasteiger partial charge in [0, 0.05) is 11.8 Å². The Bertz CT molecular complexity index is 785. The first kappa shape index (κ1) is 23.3. The molecule has 0 aliphatic heterocycles. The molecular weight excluding hydrogens is 380 g/mol. The first-order chi connectivity index (χ1) is 14.4. The molecular formula is C29H46O2. The molecule has 0 radical (unpaired) electrons. The van der Waals surface area contributed by atoms with E-state index in [1.54, 1.807) is 0 Å². The first-order valence-corrected chi connectivity index (χ1v) is 13.0. The molecule has 1 N–H and O–H groups in total. The molecule has 4 aliphatic rings. The average Bonchev–Trinajstić information content (AvgIpc) is 3.03. The summed E-state index contributed by atoms with van der Waals surface area (Å²) in [5.41, 5.74) is 2.80. The van der Waals surface area contributed by atoms with E-state index in [4.69, 9.17) is 0 Å². The van der Waals surface area contributed by atoms with E-state index in [0.717, 1.165) is 24.2 Å². The third kappa shape index (κ3) is 3.51. The van der Waals surface area contributed by atoms with Gasteiger partial charge in [0.15, 0.2) is 5.78 Å². The third-order valence-corrected chi connectivity index (χ3v) is 10.6. The number of carbonyl (C=O) groups is 1. The Morgan fingerprint density at radius 3 is 2.55 bits per heavy atom. The number of ketones is 1. The molecule has 0 aromatic heterocycles. The van der Waals surface area contributed by atoms with Crippen LogP contribution in [0, 0.1) is 45.8 Å². The molecule has 4 rings (SSSR count). The highest BCUT2D eigenvalue weighted by molar-refractivity contribution is 5.87. The highest BCUT2D eigenvalue weighted by Gasteiger charge is 2.62. The minimum Gasteiger partial charge on any atom is -0.384 e. The maximum absolute atomic E-state index is 12.8. The molecule has 8 atom stereocenters. The van der Waals surface area contributed by atoms with Crippen molar-refractivity contribution < 1.29 is 9.90 Å². The molecule has 3 fully saturated rings. The monoisotopic (exact) mass is 426 g/mol. The number of aliphatic hydroxyl groups excluding tert-OH is 1. The minimum absolute atomic E-state index is 0.0583. The van der Waals surface area contributed by atoms with Gasteiger partial charge in [-0.25, -0.2) is 0 Å². The van der Waals surface area contributed by atoms with Crippen molar-refractivity contribution in [3.05, 3.63) is 23.3 Å². The van der Waals surface area contributed by atoms with Crippen LogP contribution in [0.3, 0.4) is 0 Å². The normalized spacial score (nSPS) is 44.6. The number of aliphatic hydroxyl groups is 1. The maximum Gasteiger partial charge on any atom is 0.163 e. The van der Waals surface area contributed by atoms with E-state index >= 15 is 0 Å². The van der Waals surface area contributed by atoms with Gasteiger partial charge in [-0.15, -0.1) is 0 Å². The van der Waals surface area contributed by atoms with Crippen molar-refractivity contribution in [2.75, 3.05) is 0 Å². The van der Waals surface area contributed by atoms with Crippen LogP contribution in [0.25, 0.3) is 0 Å². The predicted octanol–water partition coefficient (Wildman–Crippen LogP) is 7.12. The SMILES string of the molecule is CC(C)=CCC[C@@H](C)[C@H]1CC[C@H]2[C@@H]3CC=C4C(C)(C)C(O)C(=O)C[C@]4(C)[C@H]3CC[C@]12C. The smallest absolute Gasteiger partial charge is 0.163 e. The summed E-state index contributed by atoms with van der Waals surface area (Å²) in [6, 6.07) is 0.